The van der Waals surface area contributed by atoms with Gasteiger partial charge in [-0.2, -0.15) is 0 Å². The lowest BCUT2D eigenvalue weighted by molar-refractivity contribution is -0.131. The highest BCUT2D eigenvalue weighted by Gasteiger charge is 2.22. The largest absolute Gasteiger partial charge is 0.348 e. The number of hydrogen-bond acceptors (Lipinski definition) is 3. The molecule has 0 aliphatic carbocycles. The van der Waals surface area contributed by atoms with Gasteiger partial charge in [0.15, 0.2) is 0 Å². The molecule has 0 spiro atoms. The zero-order chi connectivity index (χ0) is 17.5. The second-order valence-electron chi connectivity index (χ2n) is 6.94. The van der Waals surface area contributed by atoms with Gasteiger partial charge < -0.3 is 10.2 Å². The highest BCUT2D eigenvalue weighted by Crippen LogP contribution is 2.21. The van der Waals surface area contributed by atoms with Gasteiger partial charge in [0.25, 0.3) is 0 Å². The van der Waals surface area contributed by atoms with Crippen LogP contribution in [0.3, 0.4) is 0 Å². The van der Waals surface area contributed by atoms with E-state index in [2.05, 4.69) is 36.2 Å². The molecule has 1 atom stereocenters. The zero-order valence-corrected chi connectivity index (χ0v) is 15.0. The molecule has 1 heterocycles. The topological polar surface area (TPSA) is 52.7 Å². The van der Waals surface area contributed by atoms with Gasteiger partial charge in [0.2, 0.25) is 11.8 Å². The first-order chi connectivity index (χ1) is 11.5. The molecule has 1 aliphatic rings. The van der Waals surface area contributed by atoms with Crippen LogP contribution < -0.4 is 5.32 Å². The predicted octanol–water partition coefficient (Wildman–Crippen LogP) is 2.05. The van der Waals surface area contributed by atoms with Gasteiger partial charge in [-0.3, -0.25) is 14.5 Å². The van der Waals surface area contributed by atoms with Crippen molar-refractivity contribution in [1.82, 2.24) is 15.1 Å². The lowest BCUT2D eigenvalue weighted by Crippen LogP contribution is -2.50. The Morgan fingerprint density at radius 3 is 2.25 bits per heavy atom. The lowest BCUT2D eigenvalue weighted by Gasteiger charge is -2.34. The summed E-state index contributed by atoms with van der Waals surface area (Å²) in [6, 6.07) is 10.2. The molecule has 1 aromatic rings. The van der Waals surface area contributed by atoms with Crippen LogP contribution in [-0.4, -0.2) is 54.3 Å². The van der Waals surface area contributed by atoms with E-state index in [1.807, 2.05) is 23.1 Å². The van der Waals surface area contributed by atoms with Crippen LogP contribution in [0.25, 0.3) is 0 Å². The number of nitrogens with one attached hydrogen (secondary N) is 1. The Morgan fingerprint density at radius 2 is 1.71 bits per heavy atom. The van der Waals surface area contributed by atoms with Crippen molar-refractivity contribution in [3.8, 4) is 0 Å². The minimum absolute atomic E-state index is 0.0530. The number of rotatable bonds is 6. The summed E-state index contributed by atoms with van der Waals surface area (Å²) in [6.45, 7) is 9.26. The van der Waals surface area contributed by atoms with E-state index in [-0.39, 0.29) is 17.9 Å². The molecular weight excluding hydrogens is 302 g/mol. The quantitative estimate of drug-likeness (QED) is 0.868. The first-order valence-electron chi connectivity index (χ1n) is 8.78. The summed E-state index contributed by atoms with van der Waals surface area (Å²) in [6.07, 6.45) is 0.924. The highest BCUT2D eigenvalue weighted by atomic mass is 16.2. The van der Waals surface area contributed by atoms with Gasteiger partial charge in [-0.1, -0.05) is 44.2 Å². The van der Waals surface area contributed by atoms with Crippen molar-refractivity contribution in [3.05, 3.63) is 35.9 Å². The molecule has 1 N–H and O–H groups in total. The minimum Gasteiger partial charge on any atom is -0.348 e. The second-order valence-corrected chi connectivity index (χ2v) is 6.94. The molecule has 0 bridgehead atoms. The van der Waals surface area contributed by atoms with Crippen LogP contribution in [0.15, 0.2) is 30.3 Å². The SMILES string of the molecule is CC(=O)N1CCN(CC(=O)N[C@H](CC(C)C)c2ccccc2)CC1. The third-order valence-electron chi connectivity index (χ3n) is 4.43. The van der Waals surface area contributed by atoms with Gasteiger partial charge in [0, 0.05) is 33.1 Å². The molecule has 0 unspecified atom stereocenters. The number of benzene rings is 1. The maximum Gasteiger partial charge on any atom is 0.234 e. The number of amides is 2. The molecule has 1 aliphatic heterocycles. The van der Waals surface area contributed by atoms with E-state index >= 15 is 0 Å². The second kappa shape index (κ2) is 8.83. The van der Waals surface area contributed by atoms with Gasteiger partial charge in [-0.05, 0) is 17.9 Å². The van der Waals surface area contributed by atoms with Crippen LogP contribution in [0.1, 0.15) is 38.8 Å². The van der Waals surface area contributed by atoms with Crippen molar-refractivity contribution in [2.24, 2.45) is 5.92 Å². The third kappa shape index (κ3) is 5.64. The predicted molar refractivity (Wildman–Crippen MR) is 95.5 cm³/mol. The summed E-state index contributed by atoms with van der Waals surface area (Å²) in [7, 11) is 0. The molecule has 2 amide bonds. The van der Waals surface area contributed by atoms with Crippen molar-refractivity contribution in [1.29, 1.82) is 0 Å². The number of piperazine rings is 1. The maximum absolute atomic E-state index is 12.5. The maximum atomic E-state index is 12.5. The van der Waals surface area contributed by atoms with Gasteiger partial charge in [-0.15, -0.1) is 0 Å². The number of nitrogens with zero attached hydrogens (tertiary/aromatic N) is 2. The van der Waals surface area contributed by atoms with Gasteiger partial charge in [0.1, 0.15) is 0 Å². The highest BCUT2D eigenvalue weighted by molar-refractivity contribution is 5.78. The van der Waals surface area contributed by atoms with E-state index in [0.717, 1.165) is 25.1 Å². The Balaban J connectivity index is 1.88. The minimum atomic E-state index is 0.0530. The van der Waals surface area contributed by atoms with Crippen molar-refractivity contribution < 1.29 is 9.59 Å². The molecule has 5 heteroatoms. The standard InChI is InChI=1S/C19H29N3O2/c1-15(2)13-18(17-7-5-4-6-8-17)20-19(24)14-21-9-11-22(12-10-21)16(3)23/h4-8,15,18H,9-14H2,1-3H3,(H,20,24)/t18-/m1/s1. The fraction of sp³-hybridized carbons (Fsp3) is 0.579. The molecule has 1 saturated heterocycles. The molecule has 2 rings (SSSR count). The molecule has 0 aromatic heterocycles. The van der Waals surface area contributed by atoms with Crippen LogP contribution in [0.5, 0.6) is 0 Å². The van der Waals surface area contributed by atoms with Gasteiger partial charge in [-0.25, -0.2) is 0 Å². The Labute approximate surface area is 145 Å². The summed E-state index contributed by atoms with van der Waals surface area (Å²) in [5.74, 6) is 0.676. The van der Waals surface area contributed by atoms with Crippen molar-refractivity contribution in [3.63, 3.8) is 0 Å². The van der Waals surface area contributed by atoms with Crippen LogP contribution >= 0.6 is 0 Å². The van der Waals surface area contributed by atoms with Crippen molar-refractivity contribution in [2.45, 2.75) is 33.2 Å². The van der Waals surface area contributed by atoms with E-state index in [1.54, 1.807) is 6.92 Å². The average molecular weight is 331 g/mol. The smallest absolute Gasteiger partial charge is 0.234 e. The van der Waals surface area contributed by atoms with Crippen molar-refractivity contribution in [2.75, 3.05) is 32.7 Å². The van der Waals surface area contributed by atoms with Gasteiger partial charge in [0.05, 0.1) is 12.6 Å². The van der Waals surface area contributed by atoms with E-state index in [4.69, 9.17) is 0 Å². The summed E-state index contributed by atoms with van der Waals surface area (Å²) < 4.78 is 0. The molecule has 1 aromatic carbocycles. The van der Waals surface area contributed by atoms with Crippen LogP contribution in [0, 0.1) is 5.92 Å². The van der Waals surface area contributed by atoms with E-state index < -0.39 is 0 Å². The normalized spacial score (nSPS) is 16.9. The zero-order valence-electron chi connectivity index (χ0n) is 15.0. The van der Waals surface area contributed by atoms with E-state index in [1.165, 1.54) is 0 Å². The third-order valence-corrected chi connectivity index (χ3v) is 4.43. The Kier molecular flexibility index (Phi) is 6.79. The monoisotopic (exact) mass is 331 g/mol. The Morgan fingerprint density at radius 1 is 1.08 bits per heavy atom. The van der Waals surface area contributed by atoms with Crippen molar-refractivity contribution >= 4 is 11.8 Å². The number of carbonyl (C=O) groups is 2. The average Bonchev–Trinajstić information content (AvgIpc) is 2.55. The Bertz CT molecular complexity index is 537. The summed E-state index contributed by atoms with van der Waals surface area (Å²) in [4.78, 5) is 27.8. The van der Waals surface area contributed by atoms with E-state index in [0.29, 0.717) is 25.6 Å². The fourth-order valence-electron chi connectivity index (χ4n) is 3.10. The number of hydrogen-bond donors (Lipinski definition) is 1. The summed E-state index contributed by atoms with van der Waals surface area (Å²) in [5, 5.41) is 3.18. The molecular formula is C19H29N3O2. The molecule has 5 nitrogen and oxygen atoms in total. The van der Waals surface area contributed by atoms with Gasteiger partial charge >= 0.3 is 0 Å². The number of carbonyl (C=O) groups excluding carboxylic acids is 2. The van der Waals surface area contributed by atoms with E-state index in [9.17, 15) is 9.59 Å². The molecule has 1 fully saturated rings. The van der Waals surface area contributed by atoms with Crippen LogP contribution in [0.2, 0.25) is 0 Å². The molecule has 0 saturated carbocycles. The first-order valence-corrected chi connectivity index (χ1v) is 8.78. The first kappa shape index (κ1) is 18.5. The Hall–Kier alpha value is -1.88. The fourth-order valence-corrected chi connectivity index (χ4v) is 3.10. The summed E-state index contributed by atoms with van der Waals surface area (Å²) in [5.41, 5.74) is 1.15. The lowest BCUT2D eigenvalue weighted by atomic mass is 9.97. The summed E-state index contributed by atoms with van der Waals surface area (Å²) >= 11 is 0. The molecule has 132 valence electrons. The van der Waals surface area contributed by atoms with Crippen LogP contribution in [0.4, 0.5) is 0 Å². The van der Waals surface area contributed by atoms with Crippen LogP contribution in [-0.2, 0) is 9.59 Å². The molecule has 0 radical (unpaired) electrons. The molecule has 24 heavy (non-hydrogen) atoms.